The number of hydrogen-bond acceptors (Lipinski definition) is 5. The molecule has 31 heavy (non-hydrogen) atoms. The van der Waals surface area contributed by atoms with Crippen molar-refractivity contribution in [3.05, 3.63) is 60.7 Å². The molecule has 3 aromatic rings. The Bertz CT molecular complexity index is 1180. The van der Waals surface area contributed by atoms with E-state index in [1.807, 2.05) is 36.4 Å². The van der Waals surface area contributed by atoms with E-state index in [1.165, 1.54) is 6.26 Å². The summed E-state index contributed by atoms with van der Waals surface area (Å²) < 4.78 is 34.8. The van der Waals surface area contributed by atoms with Gasteiger partial charge in [0.1, 0.15) is 5.75 Å². The SMILES string of the molecule is CS(=O)(=O)c1ccc(-c2cc(OCC(=O)NCC3CCCO3)cc3ccccc23)cc1. The minimum atomic E-state index is -3.26. The van der Waals surface area contributed by atoms with Gasteiger partial charge in [0, 0.05) is 19.4 Å². The smallest absolute Gasteiger partial charge is 0.258 e. The van der Waals surface area contributed by atoms with E-state index in [2.05, 4.69) is 5.32 Å². The molecule has 0 aromatic heterocycles. The van der Waals surface area contributed by atoms with E-state index in [0.29, 0.717) is 12.3 Å². The Morgan fingerprint density at radius 3 is 2.61 bits per heavy atom. The molecule has 1 aliphatic heterocycles. The molecule has 0 radical (unpaired) electrons. The lowest BCUT2D eigenvalue weighted by atomic mass is 9.98. The second-order valence-corrected chi connectivity index (χ2v) is 9.73. The topological polar surface area (TPSA) is 81.7 Å². The summed E-state index contributed by atoms with van der Waals surface area (Å²) in [6, 6.07) is 18.4. The van der Waals surface area contributed by atoms with E-state index in [-0.39, 0.29) is 23.5 Å². The lowest BCUT2D eigenvalue weighted by Crippen LogP contribution is -2.35. The zero-order chi connectivity index (χ0) is 21.8. The minimum absolute atomic E-state index is 0.0858. The van der Waals surface area contributed by atoms with Gasteiger partial charge in [0.05, 0.1) is 11.0 Å². The Labute approximate surface area is 182 Å². The molecule has 4 rings (SSSR count). The monoisotopic (exact) mass is 439 g/mol. The van der Waals surface area contributed by atoms with E-state index in [1.54, 1.807) is 24.3 Å². The number of carbonyl (C=O) groups is 1. The molecule has 1 N–H and O–H groups in total. The lowest BCUT2D eigenvalue weighted by molar-refractivity contribution is -0.123. The molecule has 0 saturated carbocycles. The van der Waals surface area contributed by atoms with Gasteiger partial charge < -0.3 is 14.8 Å². The van der Waals surface area contributed by atoms with Gasteiger partial charge in [-0.2, -0.15) is 0 Å². The molecule has 1 heterocycles. The average Bonchev–Trinajstić information content (AvgIpc) is 3.29. The zero-order valence-electron chi connectivity index (χ0n) is 17.3. The fourth-order valence-electron chi connectivity index (χ4n) is 3.72. The Kier molecular flexibility index (Phi) is 6.25. The predicted molar refractivity (Wildman–Crippen MR) is 120 cm³/mol. The van der Waals surface area contributed by atoms with Crippen LogP contribution in [-0.2, 0) is 19.4 Å². The number of fused-ring (bicyclic) bond motifs is 1. The first-order valence-electron chi connectivity index (χ1n) is 10.2. The molecule has 6 nitrogen and oxygen atoms in total. The van der Waals surface area contributed by atoms with Gasteiger partial charge >= 0.3 is 0 Å². The number of amides is 1. The van der Waals surface area contributed by atoms with Gasteiger partial charge in [0.2, 0.25) is 0 Å². The highest BCUT2D eigenvalue weighted by Crippen LogP contribution is 2.33. The lowest BCUT2D eigenvalue weighted by Gasteiger charge is -2.14. The first-order valence-corrected chi connectivity index (χ1v) is 12.1. The fourth-order valence-corrected chi connectivity index (χ4v) is 4.35. The van der Waals surface area contributed by atoms with Crippen LogP contribution in [0.4, 0.5) is 0 Å². The first kappa shape index (κ1) is 21.3. The number of nitrogens with one attached hydrogen (secondary N) is 1. The summed E-state index contributed by atoms with van der Waals surface area (Å²) in [5.74, 6) is 0.385. The van der Waals surface area contributed by atoms with Crippen molar-refractivity contribution in [2.24, 2.45) is 0 Å². The largest absolute Gasteiger partial charge is 0.484 e. The third-order valence-corrected chi connectivity index (χ3v) is 6.48. The third kappa shape index (κ3) is 5.24. The summed E-state index contributed by atoms with van der Waals surface area (Å²) in [6.07, 6.45) is 3.27. The number of carbonyl (C=O) groups excluding carboxylic acids is 1. The maximum Gasteiger partial charge on any atom is 0.258 e. The molecule has 0 bridgehead atoms. The van der Waals surface area contributed by atoms with Crippen LogP contribution in [0.25, 0.3) is 21.9 Å². The van der Waals surface area contributed by atoms with Crippen molar-refractivity contribution in [2.75, 3.05) is 26.0 Å². The van der Waals surface area contributed by atoms with Crippen molar-refractivity contribution in [3.8, 4) is 16.9 Å². The highest BCUT2D eigenvalue weighted by Gasteiger charge is 2.16. The quantitative estimate of drug-likeness (QED) is 0.609. The molecule has 1 aliphatic rings. The fraction of sp³-hybridized carbons (Fsp3) is 0.292. The predicted octanol–water partition coefficient (Wildman–Crippen LogP) is 3.58. The molecule has 1 amide bonds. The van der Waals surface area contributed by atoms with Crippen molar-refractivity contribution in [1.82, 2.24) is 5.32 Å². The van der Waals surface area contributed by atoms with Crippen LogP contribution in [0, 0.1) is 0 Å². The van der Waals surface area contributed by atoms with Gasteiger partial charge in [-0.15, -0.1) is 0 Å². The zero-order valence-corrected chi connectivity index (χ0v) is 18.2. The van der Waals surface area contributed by atoms with Gasteiger partial charge in [0.25, 0.3) is 5.91 Å². The van der Waals surface area contributed by atoms with Crippen LogP contribution in [0.2, 0.25) is 0 Å². The van der Waals surface area contributed by atoms with Crippen LogP contribution in [-0.4, -0.2) is 46.4 Å². The maximum absolute atomic E-state index is 12.2. The Morgan fingerprint density at radius 2 is 1.90 bits per heavy atom. The number of ether oxygens (including phenoxy) is 2. The van der Waals surface area contributed by atoms with Crippen molar-refractivity contribution < 1.29 is 22.7 Å². The second-order valence-electron chi connectivity index (χ2n) is 7.72. The van der Waals surface area contributed by atoms with E-state index in [9.17, 15) is 13.2 Å². The third-order valence-electron chi connectivity index (χ3n) is 5.35. The molecular weight excluding hydrogens is 414 g/mol. The summed E-state index contributed by atoms with van der Waals surface area (Å²) in [6.45, 7) is 1.16. The van der Waals surface area contributed by atoms with Crippen molar-refractivity contribution in [3.63, 3.8) is 0 Å². The van der Waals surface area contributed by atoms with E-state index in [0.717, 1.165) is 41.3 Å². The van der Waals surface area contributed by atoms with Crippen LogP contribution in [0.5, 0.6) is 5.75 Å². The molecule has 7 heteroatoms. The average molecular weight is 440 g/mol. The van der Waals surface area contributed by atoms with Crippen LogP contribution < -0.4 is 10.1 Å². The van der Waals surface area contributed by atoms with Crippen LogP contribution >= 0.6 is 0 Å². The normalized spacial score (nSPS) is 16.4. The summed E-state index contributed by atoms with van der Waals surface area (Å²) in [5.41, 5.74) is 1.78. The summed E-state index contributed by atoms with van der Waals surface area (Å²) in [4.78, 5) is 12.4. The number of hydrogen-bond donors (Lipinski definition) is 1. The minimum Gasteiger partial charge on any atom is -0.484 e. The van der Waals surface area contributed by atoms with Crippen LogP contribution in [0.15, 0.2) is 65.6 Å². The Morgan fingerprint density at radius 1 is 1.13 bits per heavy atom. The van der Waals surface area contributed by atoms with Gasteiger partial charge in [-0.05, 0) is 59.0 Å². The molecule has 1 unspecified atom stereocenters. The second kappa shape index (κ2) is 9.08. The highest BCUT2D eigenvalue weighted by atomic mass is 32.2. The Balaban J connectivity index is 1.54. The molecule has 162 valence electrons. The molecule has 3 aromatic carbocycles. The molecule has 1 saturated heterocycles. The summed E-state index contributed by atoms with van der Waals surface area (Å²) in [7, 11) is -3.26. The van der Waals surface area contributed by atoms with E-state index < -0.39 is 9.84 Å². The maximum atomic E-state index is 12.2. The van der Waals surface area contributed by atoms with Crippen LogP contribution in [0.1, 0.15) is 12.8 Å². The highest BCUT2D eigenvalue weighted by molar-refractivity contribution is 7.90. The van der Waals surface area contributed by atoms with Crippen molar-refractivity contribution in [1.29, 1.82) is 0 Å². The van der Waals surface area contributed by atoms with Gasteiger partial charge in [-0.3, -0.25) is 4.79 Å². The van der Waals surface area contributed by atoms with Crippen molar-refractivity contribution >= 4 is 26.5 Å². The molecular formula is C24H25NO5S. The van der Waals surface area contributed by atoms with Gasteiger partial charge in [-0.25, -0.2) is 8.42 Å². The number of rotatable bonds is 7. The van der Waals surface area contributed by atoms with E-state index in [4.69, 9.17) is 9.47 Å². The summed E-state index contributed by atoms with van der Waals surface area (Å²) >= 11 is 0. The van der Waals surface area contributed by atoms with E-state index >= 15 is 0 Å². The van der Waals surface area contributed by atoms with Crippen LogP contribution in [0.3, 0.4) is 0 Å². The number of sulfone groups is 1. The van der Waals surface area contributed by atoms with Crippen molar-refractivity contribution in [2.45, 2.75) is 23.8 Å². The Hall–Kier alpha value is -2.90. The van der Waals surface area contributed by atoms with Gasteiger partial charge in [0.15, 0.2) is 16.4 Å². The standard InChI is InChI=1S/C24H25NO5S/c1-31(27,28)21-10-8-17(9-11-21)23-14-20(13-18-5-2-3-7-22(18)23)30-16-24(26)25-15-19-6-4-12-29-19/h2-3,5,7-11,13-14,19H,4,6,12,15-16H2,1H3,(H,25,26). The number of benzene rings is 3. The first-order chi connectivity index (χ1) is 14.9. The molecule has 1 atom stereocenters. The van der Waals surface area contributed by atoms with Gasteiger partial charge in [-0.1, -0.05) is 36.4 Å². The molecule has 1 fully saturated rings. The molecule has 0 spiro atoms. The summed E-state index contributed by atoms with van der Waals surface area (Å²) in [5, 5.41) is 4.85. The molecule has 0 aliphatic carbocycles.